The van der Waals surface area contributed by atoms with Gasteiger partial charge in [0.15, 0.2) is 11.5 Å². The van der Waals surface area contributed by atoms with E-state index in [1.807, 2.05) is 18.2 Å². The zero-order chi connectivity index (χ0) is 14.4. The number of likely N-dealkylation sites (N-methyl/N-ethyl adjacent to an activating group) is 1. The van der Waals surface area contributed by atoms with Crippen LogP contribution in [-0.4, -0.2) is 44.3 Å². The lowest BCUT2D eigenvalue weighted by Gasteiger charge is -2.30. The van der Waals surface area contributed by atoms with Crippen LogP contribution in [-0.2, 0) is 11.3 Å². The van der Waals surface area contributed by atoms with Gasteiger partial charge in [-0.05, 0) is 32.5 Å². The van der Waals surface area contributed by atoms with Crippen molar-refractivity contribution in [1.29, 1.82) is 0 Å². The quantitative estimate of drug-likeness (QED) is 0.610. The molecule has 0 amide bonds. The molecular formula is C15H20N2O3. The van der Waals surface area contributed by atoms with Gasteiger partial charge in [0.25, 0.3) is 0 Å². The Balaban J connectivity index is 2.15. The fourth-order valence-electron chi connectivity index (χ4n) is 2.52. The molecule has 0 radical (unpaired) electrons. The second-order valence-electron chi connectivity index (χ2n) is 5.00. The molecule has 20 heavy (non-hydrogen) atoms. The highest BCUT2D eigenvalue weighted by atomic mass is 16.5. The van der Waals surface area contributed by atoms with Crippen molar-refractivity contribution in [2.45, 2.75) is 25.5 Å². The molecule has 0 bridgehead atoms. The van der Waals surface area contributed by atoms with E-state index in [2.05, 4.69) is 16.9 Å². The fraction of sp³-hybridized carbons (Fsp3) is 0.533. The molecule has 108 valence electrons. The zero-order valence-electron chi connectivity index (χ0n) is 12.0. The van der Waals surface area contributed by atoms with E-state index in [1.165, 1.54) is 0 Å². The largest absolute Gasteiger partial charge is 0.493 e. The van der Waals surface area contributed by atoms with E-state index in [9.17, 15) is 4.79 Å². The van der Waals surface area contributed by atoms with Gasteiger partial charge in [-0.25, -0.2) is 9.79 Å². The maximum absolute atomic E-state index is 10.2. The van der Waals surface area contributed by atoms with Gasteiger partial charge in [-0.15, -0.1) is 0 Å². The Morgan fingerprint density at radius 2 is 2.35 bits per heavy atom. The van der Waals surface area contributed by atoms with Gasteiger partial charge >= 0.3 is 0 Å². The van der Waals surface area contributed by atoms with Gasteiger partial charge in [-0.3, -0.25) is 0 Å². The van der Waals surface area contributed by atoms with Crippen LogP contribution in [0.2, 0.25) is 0 Å². The van der Waals surface area contributed by atoms with Gasteiger partial charge in [0.1, 0.15) is 6.10 Å². The Kier molecular flexibility index (Phi) is 5.16. The Morgan fingerprint density at radius 1 is 1.50 bits per heavy atom. The molecule has 0 spiro atoms. The van der Waals surface area contributed by atoms with Gasteiger partial charge in [-0.2, -0.15) is 0 Å². The van der Waals surface area contributed by atoms with Gasteiger partial charge in [0, 0.05) is 12.1 Å². The van der Waals surface area contributed by atoms with Crippen molar-refractivity contribution in [2.75, 3.05) is 27.2 Å². The van der Waals surface area contributed by atoms with Crippen LogP contribution in [0.15, 0.2) is 23.2 Å². The second kappa shape index (κ2) is 7.08. The average Bonchev–Trinajstić information content (AvgIpc) is 2.45. The minimum Gasteiger partial charge on any atom is -0.493 e. The van der Waals surface area contributed by atoms with Crippen LogP contribution in [0.5, 0.6) is 11.5 Å². The van der Waals surface area contributed by atoms with Crippen molar-refractivity contribution < 1.29 is 14.3 Å². The molecule has 5 nitrogen and oxygen atoms in total. The van der Waals surface area contributed by atoms with Crippen molar-refractivity contribution in [3.05, 3.63) is 23.8 Å². The number of hydrogen-bond donors (Lipinski definition) is 0. The fourth-order valence-corrected chi connectivity index (χ4v) is 2.52. The van der Waals surface area contributed by atoms with E-state index in [4.69, 9.17) is 9.47 Å². The highest BCUT2D eigenvalue weighted by Gasteiger charge is 2.20. The average molecular weight is 276 g/mol. The maximum atomic E-state index is 10.2. The summed E-state index contributed by atoms with van der Waals surface area (Å²) in [6, 6.07) is 5.65. The summed E-state index contributed by atoms with van der Waals surface area (Å²) >= 11 is 0. The van der Waals surface area contributed by atoms with E-state index in [0.717, 1.165) is 31.5 Å². The Hall–Kier alpha value is -1.84. The molecule has 1 atom stereocenters. The van der Waals surface area contributed by atoms with Crippen LogP contribution in [0, 0.1) is 0 Å². The number of hydrogen-bond acceptors (Lipinski definition) is 5. The van der Waals surface area contributed by atoms with E-state index >= 15 is 0 Å². The molecule has 0 saturated carbocycles. The summed E-state index contributed by atoms with van der Waals surface area (Å²) in [5.74, 6) is 1.37. The lowest BCUT2D eigenvalue weighted by molar-refractivity contribution is 0.101. The smallest absolute Gasteiger partial charge is 0.235 e. The lowest BCUT2D eigenvalue weighted by atomic mass is 10.1. The highest BCUT2D eigenvalue weighted by molar-refractivity contribution is 5.47. The van der Waals surface area contributed by atoms with Crippen LogP contribution in [0.25, 0.3) is 0 Å². The summed E-state index contributed by atoms with van der Waals surface area (Å²) in [5, 5.41) is 0. The molecule has 1 unspecified atom stereocenters. The van der Waals surface area contributed by atoms with Crippen molar-refractivity contribution >= 4 is 6.08 Å². The molecule has 1 aromatic carbocycles. The number of methoxy groups -OCH3 is 1. The van der Waals surface area contributed by atoms with Crippen LogP contribution in [0.4, 0.5) is 0 Å². The summed E-state index contributed by atoms with van der Waals surface area (Å²) in [7, 11) is 3.70. The number of benzene rings is 1. The van der Waals surface area contributed by atoms with Crippen LogP contribution >= 0.6 is 0 Å². The van der Waals surface area contributed by atoms with Gasteiger partial charge < -0.3 is 14.4 Å². The summed E-state index contributed by atoms with van der Waals surface area (Å²) in [4.78, 5) is 16.1. The molecule has 1 saturated heterocycles. The van der Waals surface area contributed by atoms with Gasteiger partial charge in [-0.1, -0.05) is 12.1 Å². The van der Waals surface area contributed by atoms with Crippen LogP contribution in [0.3, 0.4) is 0 Å². The lowest BCUT2D eigenvalue weighted by Crippen LogP contribution is -2.38. The molecule has 1 aromatic rings. The molecule has 0 N–H and O–H groups in total. The first-order valence-electron chi connectivity index (χ1n) is 6.79. The number of piperidine rings is 1. The van der Waals surface area contributed by atoms with Gasteiger partial charge in [0.2, 0.25) is 6.08 Å². The molecule has 1 heterocycles. The molecule has 0 aromatic heterocycles. The normalized spacial score (nSPS) is 19.2. The molecule has 0 aliphatic carbocycles. The first-order chi connectivity index (χ1) is 9.74. The SMILES string of the molecule is COc1c(CN=C=O)cccc1OC1CCCN(C)C1. The van der Waals surface area contributed by atoms with Crippen molar-refractivity contribution in [1.82, 2.24) is 4.90 Å². The summed E-state index contributed by atoms with van der Waals surface area (Å²) in [6.45, 7) is 2.29. The monoisotopic (exact) mass is 276 g/mol. The minimum absolute atomic E-state index is 0.174. The first-order valence-corrected chi connectivity index (χ1v) is 6.79. The first kappa shape index (κ1) is 14.6. The number of ether oxygens (including phenoxy) is 2. The number of isocyanates is 1. The summed E-state index contributed by atoms with van der Waals surface area (Å²) in [5.41, 5.74) is 0.831. The van der Waals surface area contributed by atoms with E-state index in [-0.39, 0.29) is 12.6 Å². The maximum Gasteiger partial charge on any atom is 0.235 e. The predicted octanol–water partition coefficient (Wildman–Crippen LogP) is 2.00. The molecule has 1 aliphatic heterocycles. The second-order valence-corrected chi connectivity index (χ2v) is 5.00. The standard InChI is InChI=1S/C15H20N2O3/c1-17-8-4-6-13(10-17)20-14-7-3-5-12(9-16-11-18)15(14)19-2/h3,5,7,13H,4,6,8-10H2,1-2H3. The molecule has 5 heteroatoms. The Morgan fingerprint density at radius 3 is 3.05 bits per heavy atom. The molecule has 2 rings (SSSR count). The number of likely N-dealkylation sites (tertiary alicyclic amines) is 1. The number of rotatable bonds is 5. The van der Waals surface area contributed by atoms with E-state index < -0.39 is 0 Å². The van der Waals surface area contributed by atoms with E-state index in [1.54, 1.807) is 13.2 Å². The number of carbonyl (C=O) groups excluding carboxylic acids is 1. The third kappa shape index (κ3) is 3.59. The number of para-hydroxylation sites is 1. The third-order valence-electron chi connectivity index (χ3n) is 3.45. The number of aliphatic imine (C=N–C) groups is 1. The van der Waals surface area contributed by atoms with Crippen molar-refractivity contribution in [3.8, 4) is 11.5 Å². The zero-order valence-corrected chi connectivity index (χ0v) is 12.0. The van der Waals surface area contributed by atoms with E-state index in [0.29, 0.717) is 11.5 Å². The highest BCUT2D eigenvalue weighted by Crippen LogP contribution is 2.33. The Bertz CT molecular complexity index is 498. The van der Waals surface area contributed by atoms with Crippen molar-refractivity contribution in [3.63, 3.8) is 0 Å². The Labute approximate surface area is 119 Å². The topological polar surface area (TPSA) is 51.1 Å². The molecular weight excluding hydrogens is 256 g/mol. The molecule has 1 fully saturated rings. The van der Waals surface area contributed by atoms with Gasteiger partial charge in [0.05, 0.1) is 13.7 Å². The summed E-state index contributed by atoms with van der Waals surface area (Å²) in [6.07, 6.45) is 3.90. The third-order valence-corrected chi connectivity index (χ3v) is 3.45. The number of nitrogens with zero attached hydrogens (tertiary/aromatic N) is 2. The van der Waals surface area contributed by atoms with Crippen LogP contribution in [0.1, 0.15) is 18.4 Å². The van der Waals surface area contributed by atoms with Crippen LogP contribution < -0.4 is 9.47 Å². The minimum atomic E-state index is 0.174. The molecule has 1 aliphatic rings. The predicted molar refractivity (Wildman–Crippen MR) is 76.0 cm³/mol. The summed E-state index contributed by atoms with van der Waals surface area (Å²) < 4.78 is 11.5. The van der Waals surface area contributed by atoms with Crippen molar-refractivity contribution in [2.24, 2.45) is 4.99 Å².